The van der Waals surface area contributed by atoms with Crippen molar-refractivity contribution >= 4 is 5.97 Å². The molecule has 5 heteroatoms. The Morgan fingerprint density at radius 2 is 1.85 bits per heavy atom. The van der Waals surface area contributed by atoms with E-state index in [9.17, 15) is 9.90 Å². The van der Waals surface area contributed by atoms with Gasteiger partial charge in [-0.2, -0.15) is 0 Å². The first kappa shape index (κ1) is 17.4. The number of unbranched alkanes of at least 4 members (excludes halogenated alkanes) is 1. The van der Waals surface area contributed by atoms with Gasteiger partial charge in [0.1, 0.15) is 5.54 Å². The van der Waals surface area contributed by atoms with Crippen LogP contribution in [0.2, 0.25) is 0 Å². The number of rotatable bonds is 13. The third kappa shape index (κ3) is 7.22. The molecule has 0 aromatic rings. The van der Waals surface area contributed by atoms with Gasteiger partial charge in [-0.25, -0.2) is 0 Å². The highest BCUT2D eigenvalue weighted by atomic mass is 16.5. The second-order valence-corrected chi connectivity index (χ2v) is 5.74. The predicted octanol–water partition coefficient (Wildman–Crippen LogP) is 2.20. The van der Waals surface area contributed by atoms with Gasteiger partial charge in [0.25, 0.3) is 0 Å². The molecule has 118 valence electrons. The quantitative estimate of drug-likeness (QED) is 0.508. The summed E-state index contributed by atoms with van der Waals surface area (Å²) in [6.45, 7) is 6.59. The molecule has 1 fully saturated rings. The van der Waals surface area contributed by atoms with Crippen molar-refractivity contribution in [1.82, 2.24) is 5.32 Å². The van der Waals surface area contributed by atoms with E-state index in [0.717, 1.165) is 38.7 Å². The molecule has 0 radical (unpaired) electrons. The predicted molar refractivity (Wildman–Crippen MR) is 78.0 cm³/mol. The van der Waals surface area contributed by atoms with Crippen LogP contribution >= 0.6 is 0 Å². The lowest BCUT2D eigenvalue weighted by Gasteiger charge is -2.26. The van der Waals surface area contributed by atoms with Gasteiger partial charge < -0.3 is 14.6 Å². The summed E-state index contributed by atoms with van der Waals surface area (Å²) in [5, 5.41) is 12.6. The average molecular weight is 287 g/mol. The maximum absolute atomic E-state index is 11.3. The van der Waals surface area contributed by atoms with Gasteiger partial charge in [-0.3, -0.25) is 10.1 Å². The van der Waals surface area contributed by atoms with Crippen LogP contribution in [-0.4, -0.2) is 49.1 Å². The van der Waals surface area contributed by atoms with Crippen molar-refractivity contribution in [2.75, 3.05) is 26.4 Å². The lowest BCUT2D eigenvalue weighted by molar-refractivity contribution is -0.144. The van der Waals surface area contributed by atoms with Crippen molar-refractivity contribution < 1.29 is 19.4 Å². The first-order chi connectivity index (χ1) is 9.58. The van der Waals surface area contributed by atoms with Gasteiger partial charge >= 0.3 is 5.97 Å². The van der Waals surface area contributed by atoms with Gasteiger partial charge in [-0.15, -0.1) is 0 Å². The third-order valence-electron chi connectivity index (χ3n) is 3.51. The molecular formula is C15H29NO4. The summed E-state index contributed by atoms with van der Waals surface area (Å²) >= 11 is 0. The molecular weight excluding hydrogens is 258 g/mol. The van der Waals surface area contributed by atoms with E-state index >= 15 is 0 Å². The van der Waals surface area contributed by atoms with E-state index in [1.54, 1.807) is 6.92 Å². The highest BCUT2D eigenvalue weighted by Gasteiger charge is 2.37. The molecule has 1 rings (SSSR count). The largest absolute Gasteiger partial charge is 0.480 e. The van der Waals surface area contributed by atoms with Gasteiger partial charge in [0, 0.05) is 19.3 Å². The van der Waals surface area contributed by atoms with Crippen LogP contribution in [0.1, 0.15) is 52.4 Å². The fourth-order valence-electron chi connectivity index (χ4n) is 2.07. The van der Waals surface area contributed by atoms with Crippen molar-refractivity contribution in [2.45, 2.75) is 64.0 Å². The summed E-state index contributed by atoms with van der Waals surface area (Å²) in [6, 6.07) is 0.406. The fraction of sp³-hybridized carbons (Fsp3) is 0.933. The van der Waals surface area contributed by atoms with Crippen molar-refractivity contribution in [2.24, 2.45) is 0 Å². The molecule has 0 amide bonds. The first-order valence-electron chi connectivity index (χ1n) is 7.75. The summed E-state index contributed by atoms with van der Waals surface area (Å²) in [4.78, 5) is 11.3. The Bertz CT molecular complexity index is 281. The molecule has 20 heavy (non-hydrogen) atoms. The summed E-state index contributed by atoms with van der Waals surface area (Å²) in [5.41, 5.74) is -0.786. The smallest absolute Gasteiger partial charge is 0.323 e. The van der Waals surface area contributed by atoms with Crippen molar-refractivity contribution in [3.8, 4) is 0 Å². The second kappa shape index (κ2) is 9.32. The van der Waals surface area contributed by atoms with Crippen LogP contribution in [0.15, 0.2) is 0 Å². The number of carboxylic acid groups (broad SMARTS) is 1. The van der Waals surface area contributed by atoms with Crippen molar-refractivity contribution in [3.05, 3.63) is 0 Å². The van der Waals surface area contributed by atoms with Gasteiger partial charge in [-0.1, -0.05) is 6.92 Å². The molecule has 5 nitrogen and oxygen atoms in total. The molecule has 0 heterocycles. The molecule has 0 aliphatic heterocycles. The number of carbonyl (C=O) groups is 1. The highest BCUT2D eigenvalue weighted by Crippen LogP contribution is 2.25. The normalized spacial score (nSPS) is 17.9. The number of hydrogen-bond donors (Lipinski definition) is 2. The minimum atomic E-state index is -0.786. The monoisotopic (exact) mass is 287 g/mol. The van der Waals surface area contributed by atoms with Gasteiger partial charge in [0.2, 0.25) is 0 Å². The zero-order valence-corrected chi connectivity index (χ0v) is 12.8. The van der Waals surface area contributed by atoms with Crippen LogP contribution in [0.25, 0.3) is 0 Å². The Hall–Kier alpha value is -0.650. The molecule has 1 atom stereocenters. The Kier molecular flexibility index (Phi) is 8.11. The van der Waals surface area contributed by atoms with Crippen LogP contribution in [0.3, 0.4) is 0 Å². The van der Waals surface area contributed by atoms with Gasteiger partial charge in [0.05, 0.1) is 13.2 Å². The summed E-state index contributed by atoms with van der Waals surface area (Å²) in [5.74, 6) is -0.752. The lowest BCUT2D eigenvalue weighted by Crippen LogP contribution is -2.50. The molecule has 1 saturated carbocycles. The lowest BCUT2D eigenvalue weighted by atomic mass is 9.95. The van der Waals surface area contributed by atoms with E-state index in [-0.39, 0.29) is 0 Å². The maximum atomic E-state index is 11.3. The topological polar surface area (TPSA) is 67.8 Å². The van der Waals surface area contributed by atoms with E-state index in [2.05, 4.69) is 12.2 Å². The van der Waals surface area contributed by atoms with E-state index in [1.165, 1.54) is 0 Å². The van der Waals surface area contributed by atoms with Crippen molar-refractivity contribution in [3.63, 3.8) is 0 Å². The summed E-state index contributed by atoms with van der Waals surface area (Å²) in [7, 11) is 0. The number of aliphatic carboxylic acids is 1. The van der Waals surface area contributed by atoms with E-state index in [4.69, 9.17) is 9.47 Å². The van der Waals surface area contributed by atoms with Crippen LogP contribution in [0, 0.1) is 0 Å². The average Bonchev–Trinajstić information content (AvgIpc) is 3.20. The zero-order valence-electron chi connectivity index (χ0n) is 12.8. The Morgan fingerprint density at radius 3 is 2.40 bits per heavy atom. The molecule has 2 N–H and O–H groups in total. The van der Waals surface area contributed by atoms with E-state index < -0.39 is 11.5 Å². The third-order valence-corrected chi connectivity index (χ3v) is 3.51. The SMILES string of the molecule is CCCOCCOCCCCC(C)(NC1CC1)C(=O)O. The highest BCUT2D eigenvalue weighted by molar-refractivity contribution is 5.78. The molecule has 0 spiro atoms. The van der Waals surface area contributed by atoms with Crippen LogP contribution in [0.4, 0.5) is 0 Å². The summed E-state index contributed by atoms with van der Waals surface area (Å²) < 4.78 is 10.8. The molecule has 1 aliphatic rings. The van der Waals surface area contributed by atoms with E-state index in [1.807, 2.05) is 0 Å². The van der Waals surface area contributed by atoms with E-state index in [0.29, 0.717) is 32.3 Å². The molecule has 1 unspecified atom stereocenters. The minimum absolute atomic E-state index is 0.406. The Balaban J connectivity index is 2.01. The minimum Gasteiger partial charge on any atom is -0.480 e. The van der Waals surface area contributed by atoms with Gasteiger partial charge in [0.15, 0.2) is 0 Å². The standard InChI is InChI=1S/C15H29NO4/c1-3-9-19-11-12-20-10-5-4-8-15(2,14(17)18)16-13-6-7-13/h13,16H,3-12H2,1-2H3,(H,17,18). The Labute approximate surface area is 122 Å². The number of hydrogen-bond acceptors (Lipinski definition) is 4. The molecule has 0 aromatic heterocycles. The molecule has 0 aromatic carbocycles. The number of nitrogens with one attached hydrogen (secondary N) is 1. The second-order valence-electron chi connectivity index (χ2n) is 5.74. The van der Waals surface area contributed by atoms with Gasteiger partial charge in [-0.05, 0) is 45.4 Å². The number of ether oxygens (including phenoxy) is 2. The van der Waals surface area contributed by atoms with Crippen LogP contribution in [0.5, 0.6) is 0 Å². The molecule has 0 bridgehead atoms. The summed E-state index contributed by atoms with van der Waals surface area (Å²) in [6.07, 6.45) is 5.63. The fourth-order valence-corrected chi connectivity index (χ4v) is 2.07. The first-order valence-corrected chi connectivity index (χ1v) is 7.75. The van der Waals surface area contributed by atoms with Crippen LogP contribution in [-0.2, 0) is 14.3 Å². The molecule has 0 saturated heterocycles. The Morgan fingerprint density at radius 1 is 1.20 bits per heavy atom. The maximum Gasteiger partial charge on any atom is 0.323 e. The zero-order chi connectivity index (χ0) is 14.8. The number of carboxylic acids is 1. The van der Waals surface area contributed by atoms with Crippen LogP contribution < -0.4 is 5.32 Å². The molecule has 1 aliphatic carbocycles. The van der Waals surface area contributed by atoms with Crippen molar-refractivity contribution in [1.29, 1.82) is 0 Å².